The molecule has 0 saturated heterocycles. The minimum atomic E-state index is -0.408. The lowest BCUT2D eigenvalue weighted by Gasteiger charge is -2.18. The van der Waals surface area contributed by atoms with Gasteiger partial charge >= 0.3 is 0 Å². The zero-order valence-corrected chi connectivity index (χ0v) is 11.3. The Kier molecular flexibility index (Phi) is 3.90. The lowest BCUT2D eigenvalue weighted by molar-refractivity contribution is 0.474. The Bertz CT molecular complexity index is 677. The average Bonchev–Trinajstić information content (AvgIpc) is 2.43. The van der Waals surface area contributed by atoms with Crippen molar-refractivity contribution in [1.29, 1.82) is 5.26 Å². The number of hydrogen-bond acceptors (Lipinski definition) is 3. The summed E-state index contributed by atoms with van der Waals surface area (Å²) in [6, 6.07) is 11.5. The summed E-state index contributed by atoms with van der Waals surface area (Å²) in [7, 11) is 0. The third-order valence-corrected chi connectivity index (χ3v) is 3.22. The molecule has 0 aliphatic heterocycles. The van der Waals surface area contributed by atoms with E-state index in [4.69, 9.17) is 5.26 Å². The first-order valence-corrected chi connectivity index (χ1v) is 6.27. The van der Waals surface area contributed by atoms with E-state index in [0.717, 1.165) is 5.56 Å². The van der Waals surface area contributed by atoms with Crippen molar-refractivity contribution >= 4 is 5.69 Å². The predicted molar refractivity (Wildman–Crippen MR) is 76.0 cm³/mol. The molecule has 2 rings (SSSR count). The van der Waals surface area contributed by atoms with Crippen LogP contribution in [0.5, 0.6) is 5.75 Å². The van der Waals surface area contributed by atoms with Crippen molar-refractivity contribution in [1.82, 2.24) is 0 Å². The van der Waals surface area contributed by atoms with Crippen LogP contribution in [-0.2, 0) is 0 Å². The second kappa shape index (κ2) is 5.62. The number of rotatable bonds is 3. The summed E-state index contributed by atoms with van der Waals surface area (Å²) in [6.07, 6.45) is 0. The largest absolute Gasteiger partial charge is 0.508 e. The Morgan fingerprint density at radius 3 is 2.70 bits per heavy atom. The SMILES string of the molecule is Cc1c(F)cc(C#N)cc1NC(C)c1cccc(O)c1. The first-order valence-electron chi connectivity index (χ1n) is 6.27. The van der Waals surface area contributed by atoms with Gasteiger partial charge in [0, 0.05) is 17.3 Å². The Hall–Kier alpha value is -2.54. The summed E-state index contributed by atoms with van der Waals surface area (Å²) in [4.78, 5) is 0. The molecule has 2 N–H and O–H groups in total. The van der Waals surface area contributed by atoms with E-state index in [1.54, 1.807) is 31.2 Å². The molecule has 0 aromatic heterocycles. The number of benzene rings is 2. The van der Waals surface area contributed by atoms with E-state index in [2.05, 4.69) is 5.32 Å². The number of hydrogen-bond donors (Lipinski definition) is 2. The van der Waals surface area contributed by atoms with Gasteiger partial charge in [-0.2, -0.15) is 5.26 Å². The van der Waals surface area contributed by atoms with Crippen molar-refractivity contribution in [3.05, 3.63) is 58.9 Å². The van der Waals surface area contributed by atoms with Crippen LogP contribution in [0.3, 0.4) is 0 Å². The molecule has 0 aliphatic carbocycles. The van der Waals surface area contributed by atoms with Crippen molar-refractivity contribution in [3.8, 4) is 11.8 Å². The summed E-state index contributed by atoms with van der Waals surface area (Å²) in [6.45, 7) is 3.57. The molecule has 20 heavy (non-hydrogen) atoms. The molecular formula is C16H15FN2O. The van der Waals surface area contributed by atoms with Gasteiger partial charge in [-0.3, -0.25) is 0 Å². The number of phenolic OH excluding ortho intramolecular Hbond substituents is 1. The van der Waals surface area contributed by atoms with Crippen LogP contribution in [0, 0.1) is 24.1 Å². The van der Waals surface area contributed by atoms with Crippen LogP contribution in [0.15, 0.2) is 36.4 Å². The van der Waals surface area contributed by atoms with Gasteiger partial charge in [-0.25, -0.2) is 4.39 Å². The lowest BCUT2D eigenvalue weighted by Crippen LogP contribution is -2.08. The molecule has 1 unspecified atom stereocenters. The molecular weight excluding hydrogens is 255 g/mol. The van der Waals surface area contributed by atoms with E-state index in [9.17, 15) is 9.50 Å². The highest BCUT2D eigenvalue weighted by Crippen LogP contribution is 2.26. The summed E-state index contributed by atoms with van der Waals surface area (Å²) < 4.78 is 13.7. The number of halogens is 1. The van der Waals surface area contributed by atoms with Gasteiger partial charge in [0.25, 0.3) is 0 Å². The molecule has 2 aromatic rings. The van der Waals surface area contributed by atoms with Crippen molar-refractivity contribution in [2.45, 2.75) is 19.9 Å². The molecule has 1 atom stereocenters. The van der Waals surface area contributed by atoms with Gasteiger partial charge in [-0.15, -0.1) is 0 Å². The molecule has 0 heterocycles. The van der Waals surface area contributed by atoms with Gasteiger partial charge in [0.2, 0.25) is 0 Å². The Labute approximate surface area is 117 Å². The first kappa shape index (κ1) is 13.9. The van der Waals surface area contributed by atoms with E-state index < -0.39 is 5.82 Å². The maximum Gasteiger partial charge on any atom is 0.129 e. The van der Waals surface area contributed by atoms with Crippen LogP contribution < -0.4 is 5.32 Å². The highest BCUT2D eigenvalue weighted by molar-refractivity contribution is 5.57. The topological polar surface area (TPSA) is 56.0 Å². The zero-order valence-electron chi connectivity index (χ0n) is 11.3. The second-order valence-corrected chi connectivity index (χ2v) is 4.70. The Morgan fingerprint density at radius 1 is 1.30 bits per heavy atom. The number of anilines is 1. The van der Waals surface area contributed by atoms with Gasteiger partial charge in [0.15, 0.2) is 0 Å². The van der Waals surface area contributed by atoms with E-state index in [1.165, 1.54) is 6.07 Å². The first-order chi connectivity index (χ1) is 9.51. The summed E-state index contributed by atoms with van der Waals surface area (Å²) in [5, 5.41) is 21.5. The maximum absolute atomic E-state index is 13.7. The molecule has 0 amide bonds. The average molecular weight is 270 g/mol. The van der Waals surface area contributed by atoms with Crippen LogP contribution >= 0.6 is 0 Å². The van der Waals surface area contributed by atoms with Gasteiger partial charge in [0.1, 0.15) is 11.6 Å². The summed E-state index contributed by atoms with van der Waals surface area (Å²) in [5.74, 6) is -0.223. The smallest absolute Gasteiger partial charge is 0.129 e. The highest BCUT2D eigenvalue weighted by atomic mass is 19.1. The van der Waals surface area contributed by atoms with E-state index >= 15 is 0 Å². The molecule has 0 fully saturated rings. The van der Waals surface area contributed by atoms with Gasteiger partial charge < -0.3 is 10.4 Å². The van der Waals surface area contributed by atoms with E-state index in [1.807, 2.05) is 19.1 Å². The van der Waals surface area contributed by atoms with Crippen molar-refractivity contribution < 1.29 is 9.50 Å². The molecule has 0 aliphatic rings. The van der Waals surface area contributed by atoms with Crippen molar-refractivity contribution in [2.75, 3.05) is 5.32 Å². The van der Waals surface area contributed by atoms with Gasteiger partial charge in [-0.1, -0.05) is 12.1 Å². The lowest BCUT2D eigenvalue weighted by atomic mass is 10.1. The molecule has 0 saturated carbocycles. The molecule has 2 aromatic carbocycles. The molecule has 4 heteroatoms. The summed E-state index contributed by atoms with van der Waals surface area (Å²) in [5.41, 5.74) is 2.21. The van der Waals surface area contributed by atoms with Crippen molar-refractivity contribution in [3.63, 3.8) is 0 Å². The monoisotopic (exact) mass is 270 g/mol. The highest BCUT2D eigenvalue weighted by Gasteiger charge is 2.11. The van der Waals surface area contributed by atoms with Crippen LogP contribution in [0.2, 0.25) is 0 Å². The Morgan fingerprint density at radius 2 is 2.05 bits per heavy atom. The molecule has 0 radical (unpaired) electrons. The number of phenols is 1. The number of aromatic hydroxyl groups is 1. The summed E-state index contributed by atoms with van der Waals surface area (Å²) >= 11 is 0. The van der Waals surface area contributed by atoms with Crippen molar-refractivity contribution in [2.24, 2.45) is 0 Å². The minimum absolute atomic E-state index is 0.117. The molecule has 3 nitrogen and oxygen atoms in total. The fourth-order valence-electron chi connectivity index (χ4n) is 2.00. The number of nitriles is 1. The van der Waals surface area contributed by atoms with Crippen LogP contribution in [0.25, 0.3) is 0 Å². The van der Waals surface area contributed by atoms with Gasteiger partial charge in [0.05, 0.1) is 11.6 Å². The standard InChI is InChI=1S/C16H15FN2O/c1-10-15(17)6-12(9-18)7-16(10)19-11(2)13-4-3-5-14(20)8-13/h3-8,11,19-20H,1-2H3. The maximum atomic E-state index is 13.7. The number of nitrogens with zero attached hydrogens (tertiary/aromatic N) is 1. The fourth-order valence-corrected chi connectivity index (χ4v) is 2.00. The third-order valence-electron chi connectivity index (χ3n) is 3.22. The quantitative estimate of drug-likeness (QED) is 0.889. The third kappa shape index (κ3) is 2.89. The predicted octanol–water partition coefficient (Wildman–Crippen LogP) is 3.88. The molecule has 0 spiro atoms. The molecule has 102 valence electrons. The van der Waals surface area contributed by atoms with Crippen LogP contribution in [-0.4, -0.2) is 5.11 Å². The van der Waals surface area contributed by atoms with Gasteiger partial charge in [-0.05, 0) is 43.7 Å². The molecule has 0 bridgehead atoms. The number of nitrogens with one attached hydrogen (secondary N) is 1. The van der Waals surface area contributed by atoms with E-state index in [-0.39, 0.29) is 17.4 Å². The van der Waals surface area contributed by atoms with Crippen LogP contribution in [0.4, 0.5) is 10.1 Å². The normalized spacial score (nSPS) is 11.7. The second-order valence-electron chi connectivity index (χ2n) is 4.70. The van der Waals surface area contributed by atoms with E-state index in [0.29, 0.717) is 11.3 Å². The fraction of sp³-hybridized carbons (Fsp3) is 0.188. The van der Waals surface area contributed by atoms with Crippen LogP contribution in [0.1, 0.15) is 29.7 Å². The zero-order chi connectivity index (χ0) is 14.7. The minimum Gasteiger partial charge on any atom is -0.508 e. The Balaban J connectivity index is 2.30.